The first-order valence-corrected chi connectivity index (χ1v) is 4.60. The summed E-state index contributed by atoms with van der Waals surface area (Å²) < 4.78 is 0. The molecule has 0 heterocycles. The van der Waals surface area contributed by atoms with E-state index in [0.29, 0.717) is 0 Å². The normalized spacial score (nSPS) is 13.4. The highest BCUT2D eigenvalue weighted by Crippen LogP contribution is 1.92. The molecule has 0 spiro atoms. The number of hydrogen-bond acceptors (Lipinski definition) is 1. The van der Waals surface area contributed by atoms with Crippen molar-refractivity contribution in [2.45, 2.75) is 33.6 Å². The average molecular weight is 165 g/mol. The summed E-state index contributed by atoms with van der Waals surface area (Å²) in [5.74, 6) is 0. The van der Waals surface area contributed by atoms with Crippen LogP contribution >= 0.6 is 0 Å². The Kier molecular flexibility index (Phi) is 7.66. The first-order chi connectivity index (χ1) is 5.81. The molecule has 68 valence electrons. The van der Waals surface area contributed by atoms with Crippen molar-refractivity contribution in [3.05, 3.63) is 23.8 Å². The standard InChI is InChI=1S/C11H19N/c1-4-6-9-12-10-8-11(3)7-5-2/h5,7-8,10H,4,6,9H2,1-3H3/b7-5-,11-8-,12-10+. The highest BCUT2D eigenvalue weighted by atomic mass is 14.7. The molecule has 0 aliphatic carbocycles. The number of hydrogen-bond donors (Lipinski definition) is 0. The van der Waals surface area contributed by atoms with E-state index in [1.165, 1.54) is 18.4 Å². The van der Waals surface area contributed by atoms with Gasteiger partial charge in [-0.2, -0.15) is 0 Å². The molecular formula is C11H19N. The zero-order valence-electron chi connectivity index (χ0n) is 8.38. The lowest BCUT2D eigenvalue weighted by molar-refractivity contribution is 0.810. The summed E-state index contributed by atoms with van der Waals surface area (Å²) in [4.78, 5) is 4.25. The minimum Gasteiger partial charge on any atom is -0.293 e. The van der Waals surface area contributed by atoms with Crippen LogP contribution in [0.25, 0.3) is 0 Å². The quantitative estimate of drug-likeness (QED) is 0.336. The van der Waals surface area contributed by atoms with Crippen LogP contribution in [0.1, 0.15) is 33.6 Å². The molecule has 0 unspecified atom stereocenters. The maximum Gasteiger partial charge on any atom is 0.0389 e. The number of allylic oxidation sites excluding steroid dienone is 4. The molecule has 0 aromatic rings. The smallest absolute Gasteiger partial charge is 0.0389 e. The molecule has 0 fully saturated rings. The molecule has 0 radical (unpaired) electrons. The second-order valence-electron chi connectivity index (χ2n) is 2.82. The van der Waals surface area contributed by atoms with Crippen LogP contribution in [0.15, 0.2) is 28.8 Å². The van der Waals surface area contributed by atoms with Gasteiger partial charge in [0, 0.05) is 12.8 Å². The van der Waals surface area contributed by atoms with Crippen molar-refractivity contribution in [1.82, 2.24) is 0 Å². The van der Waals surface area contributed by atoms with E-state index in [0.717, 1.165) is 6.54 Å². The Morgan fingerprint density at radius 2 is 2.17 bits per heavy atom. The van der Waals surface area contributed by atoms with Crippen LogP contribution in [-0.2, 0) is 0 Å². The maximum absolute atomic E-state index is 4.25. The van der Waals surface area contributed by atoms with E-state index in [9.17, 15) is 0 Å². The van der Waals surface area contributed by atoms with Crippen molar-refractivity contribution >= 4 is 6.21 Å². The largest absolute Gasteiger partial charge is 0.293 e. The molecule has 0 saturated carbocycles. The zero-order chi connectivity index (χ0) is 9.23. The molecule has 0 rings (SSSR count). The summed E-state index contributed by atoms with van der Waals surface area (Å²) in [6.45, 7) is 7.23. The second-order valence-corrected chi connectivity index (χ2v) is 2.82. The van der Waals surface area contributed by atoms with E-state index in [2.05, 4.69) is 24.9 Å². The molecule has 0 amide bonds. The van der Waals surface area contributed by atoms with Gasteiger partial charge in [0.25, 0.3) is 0 Å². The fraction of sp³-hybridized carbons (Fsp3) is 0.545. The van der Waals surface area contributed by atoms with E-state index < -0.39 is 0 Å². The van der Waals surface area contributed by atoms with E-state index in [4.69, 9.17) is 0 Å². The minimum atomic E-state index is 0.954. The van der Waals surface area contributed by atoms with Gasteiger partial charge in [-0.1, -0.05) is 25.5 Å². The van der Waals surface area contributed by atoms with Crippen LogP contribution in [-0.4, -0.2) is 12.8 Å². The van der Waals surface area contributed by atoms with Crippen LogP contribution in [0.5, 0.6) is 0 Å². The molecule has 0 atom stereocenters. The Morgan fingerprint density at radius 1 is 1.42 bits per heavy atom. The van der Waals surface area contributed by atoms with Gasteiger partial charge in [-0.25, -0.2) is 0 Å². The molecular weight excluding hydrogens is 146 g/mol. The Bertz CT molecular complexity index is 175. The minimum absolute atomic E-state index is 0.954. The molecule has 0 saturated heterocycles. The van der Waals surface area contributed by atoms with Gasteiger partial charge in [0.15, 0.2) is 0 Å². The Balaban J connectivity index is 3.63. The van der Waals surface area contributed by atoms with Gasteiger partial charge in [0.1, 0.15) is 0 Å². The third kappa shape index (κ3) is 7.26. The van der Waals surface area contributed by atoms with Crippen LogP contribution in [0.3, 0.4) is 0 Å². The van der Waals surface area contributed by atoms with Crippen molar-refractivity contribution in [2.24, 2.45) is 4.99 Å². The van der Waals surface area contributed by atoms with Crippen LogP contribution in [0, 0.1) is 0 Å². The Hall–Kier alpha value is -0.850. The SMILES string of the molecule is C\C=C/C(C)=C\C=N\CCCC. The molecule has 1 nitrogen and oxygen atoms in total. The maximum atomic E-state index is 4.25. The molecule has 0 aliphatic heterocycles. The highest BCUT2D eigenvalue weighted by Gasteiger charge is 1.78. The molecule has 1 heteroatoms. The Labute approximate surface area is 75.9 Å². The van der Waals surface area contributed by atoms with Crippen LogP contribution in [0.4, 0.5) is 0 Å². The second kappa shape index (κ2) is 8.25. The summed E-state index contributed by atoms with van der Waals surface area (Å²) in [5, 5.41) is 0. The number of rotatable bonds is 5. The summed E-state index contributed by atoms with van der Waals surface area (Å²) in [7, 11) is 0. The van der Waals surface area contributed by atoms with E-state index in [1.807, 2.05) is 25.3 Å². The van der Waals surface area contributed by atoms with E-state index >= 15 is 0 Å². The van der Waals surface area contributed by atoms with Gasteiger partial charge in [-0.15, -0.1) is 0 Å². The summed E-state index contributed by atoms with van der Waals surface area (Å²) in [6, 6.07) is 0. The van der Waals surface area contributed by atoms with Gasteiger partial charge in [-0.05, 0) is 31.9 Å². The predicted molar refractivity (Wildman–Crippen MR) is 56.8 cm³/mol. The van der Waals surface area contributed by atoms with Crippen molar-refractivity contribution in [3.8, 4) is 0 Å². The lowest BCUT2D eigenvalue weighted by Gasteiger charge is -1.88. The number of unbranched alkanes of at least 4 members (excludes halogenated alkanes) is 1. The number of aliphatic imine (C=N–C) groups is 1. The average Bonchev–Trinajstić information content (AvgIpc) is 2.05. The van der Waals surface area contributed by atoms with Crippen molar-refractivity contribution in [2.75, 3.05) is 6.54 Å². The highest BCUT2D eigenvalue weighted by molar-refractivity contribution is 5.72. The molecule has 0 aliphatic rings. The van der Waals surface area contributed by atoms with Crippen molar-refractivity contribution < 1.29 is 0 Å². The topological polar surface area (TPSA) is 12.4 Å². The fourth-order valence-electron chi connectivity index (χ4n) is 0.813. The van der Waals surface area contributed by atoms with Crippen LogP contribution in [0.2, 0.25) is 0 Å². The van der Waals surface area contributed by atoms with Gasteiger partial charge in [0.05, 0.1) is 0 Å². The monoisotopic (exact) mass is 165 g/mol. The first-order valence-electron chi connectivity index (χ1n) is 4.60. The third-order valence-corrected chi connectivity index (χ3v) is 1.51. The summed E-state index contributed by atoms with van der Waals surface area (Å²) in [6.07, 6.45) is 10.4. The van der Waals surface area contributed by atoms with E-state index in [1.54, 1.807) is 0 Å². The first kappa shape index (κ1) is 11.2. The lowest BCUT2D eigenvalue weighted by Crippen LogP contribution is -1.79. The molecule has 0 aromatic heterocycles. The van der Waals surface area contributed by atoms with Crippen molar-refractivity contribution in [1.29, 1.82) is 0 Å². The molecule has 0 bridgehead atoms. The fourth-order valence-corrected chi connectivity index (χ4v) is 0.813. The van der Waals surface area contributed by atoms with Crippen LogP contribution < -0.4 is 0 Å². The Morgan fingerprint density at radius 3 is 2.75 bits per heavy atom. The summed E-state index contributed by atoms with van der Waals surface area (Å²) in [5.41, 5.74) is 1.25. The molecule has 12 heavy (non-hydrogen) atoms. The van der Waals surface area contributed by atoms with Gasteiger partial charge in [-0.3, -0.25) is 4.99 Å². The number of nitrogens with zero attached hydrogens (tertiary/aromatic N) is 1. The van der Waals surface area contributed by atoms with E-state index in [-0.39, 0.29) is 0 Å². The predicted octanol–water partition coefficient (Wildman–Crippen LogP) is 3.38. The third-order valence-electron chi connectivity index (χ3n) is 1.51. The molecule has 0 N–H and O–H groups in total. The molecule has 0 aromatic carbocycles. The summed E-state index contributed by atoms with van der Waals surface area (Å²) >= 11 is 0. The van der Waals surface area contributed by atoms with Gasteiger partial charge < -0.3 is 0 Å². The van der Waals surface area contributed by atoms with Gasteiger partial charge in [0.2, 0.25) is 0 Å². The lowest BCUT2D eigenvalue weighted by atomic mass is 10.3. The van der Waals surface area contributed by atoms with Crippen molar-refractivity contribution in [3.63, 3.8) is 0 Å². The zero-order valence-corrected chi connectivity index (χ0v) is 8.38. The van der Waals surface area contributed by atoms with Gasteiger partial charge >= 0.3 is 0 Å².